The van der Waals surface area contributed by atoms with Crippen LogP contribution >= 0.6 is 0 Å². The highest BCUT2D eigenvalue weighted by molar-refractivity contribution is 7.90. The van der Waals surface area contributed by atoms with Crippen molar-refractivity contribution in [3.05, 3.63) is 89.5 Å². The van der Waals surface area contributed by atoms with Gasteiger partial charge in [-0.2, -0.15) is 0 Å². The molecule has 12 nitrogen and oxygen atoms in total. The fourth-order valence-electron chi connectivity index (χ4n) is 8.76. The van der Waals surface area contributed by atoms with Gasteiger partial charge in [-0.15, -0.1) is 0 Å². The lowest BCUT2D eigenvalue weighted by Crippen LogP contribution is -2.37. The maximum absolute atomic E-state index is 13.6. The summed E-state index contributed by atoms with van der Waals surface area (Å²) in [5.74, 6) is 0.0325. The zero-order valence-electron chi connectivity index (χ0n) is 32.3. The largest absolute Gasteiger partial charge is 0.489 e. The van der Waals surface area contributed by atoms with Gasteiger partial charge in [-0.1, -0.05) is 37.5 Å². The summed E-state index contributed by atoms with van der Waals surface area (Å²) < 4.78 is 42.0. The summed E-state index contributed by atoms with van der Waals surface area (Å²) in [6, 6.07) is 19.5. The molecular formula is C44H51N5O7S. The number of sulfonamides is 1. The highest BCUT2D eigenvalue weighted by Gasteiger charge is 2.29. The number of allylic oxidation sites excluding steroid dienone is 1. The van der Waals surface area contributed by atoms with Crippen LogP contribution in [0.5, 0.6) is 5.75 Å². The van der Waals surface area contributed by atoms with Crippen LogP contribution in [0.4, 0.5) is 11.4 Å². The first-order chi connectivity index (χ1) is 27.7. The lowest BCUT2D eigenvalue weighted by Gasteiger charge is -2.31. The maximum Gasteiger partial charge on any atom is 0.264 e. The quantitative estimate of drug-likeness (QED) is 0.205. The van der Waals surface area contributed by atoms with E-state index >= 15 is 0 Å². The number of nitrogens with zero attached hydrogens (tertiary/aromatic N) is 3. The minimum absolute atomic E-state index is 0.0318. The minimum atomic E-state index is -3.85. The molecule has 1 saturated carbocycles. The Morgan fingerprint density at radius 3 is 2.37 bits per heavy atom. The summed E-state index contributed by atoms with van der Waals surface area (Å²) in [6.45, 7) is 4.35. The Hall–Kier alpha value is -5.14. The average molecular weight is 794 g/mol. The lowest BCUT2D eigenvalue weighted by molar-refractivity contribution is -0.121. The Balaban J connectivity index is 1.15. The number of anilines is 2. The summed E-state index contributed by atoms with van der Waals surface area (Å²) in [5.41, 5.74) is 6.87. The van der Waals surface area contributed by atoms with Gasteiger partial charge >= 0.3 is 0 Å². The Bertz CT molecular complexity index is 2270. The third-order valence-electron chi connectivity index (χ3n) is 11.6. The second kappa shape index (κ2) is 17.2. The van der Waals surface area contributed by atoms with Crippen LogP contribution in [-0.2, 0) is 37.5 Å². The number of carbonyl (C=O) groups is 3. The number of ether oxygens (including phenoxy) is 2. The molecule has 13 heteroatoms. The van der Waals surface area contributed by atoms with Gasteiger partial charge in [0.2, 0.25) is 21.8 Å². The van der Waals surface area contributed by atoms with Crippen LogP contribution in [0.1, 0.15) is 85.2 Å². The van der Waals surface area contributed by atoms with Gasteiger partial charge in [0.05, 0.1) is 30.2 Å². The van der Waals surface area contributed by atoms with E-state index in [0.717, 1.165) is 84.3 Å². The number of aromatic nitrogens is 1. The van der Waals surface area contributed by atoms with Crippen molar-refractivity contribution in [1.82, 2.24) is 14.6 Å². The van der Waals surface area contributed by atoms with Crippen LogP contribution in [0.3, 0.4) is 0 Å². The van der Waals surface area contributed by atoms with Gasteiger partial charge < -0.3 is 29.2 Å². The number of amides is 3. The second-order valence-electron chi connectivity index (χ2n) is 15.4. The van der Waals surface area contributed by atoms with Crippen LogP contribution < -0.4 is 24.6 Å². The molecule has 2 bridgehead atoms. The topological polar surface area (TPSA) is 139 Å². The van der Waals surface area contributed by atoms with E-state index in [1.54, 1.807) is 18.2 Å². The lowest BCUT2D eigenvalue weighted by atomic mass is 9.81. The van der Waals surface area contributed by atoms with E-state index in [9.17, 15) is 22.8 Å². The second-order valence-corrected chi connectivity index (χ2v) is 17.3. The van der Waals surface area contributed by atoms with Gasteiger partial charge in [0.1, 0.15) is 18.9 Å². The minimum Gasteiger partial charge on any atom is -0.489 e. The Kier molecular flexibility index (Phi) is 11.7. The molecule has 0 atom stereocenters. The van der Waals surface area contributed by atoms with Crippen LogP contribution in [0.2, 0.25) is 0 Å². The third kappa shape index (κ3) is 8.74. The number of hydrogen-bond acceptors (Lipinski definition) is 8. The Morgan fingerprint density at radius 1 is 0.825 bits per heavy atom. The van der Waals surface area contributed by atoms with E-state index in [0.29, 0.717) is 57.0 Å². The number of rotatable bonds is 7. The average Bonchev–Trinajstić information content (AvgIpc) is 3.80. The zero-order valence-corrected chi connectivity index (χ0v) is 33.2. The molecule has 1 aliphatic carbocycles. The van der Waals surface area contributed by atoms with Gasteiger partial charge in [-0.3, -0.25) is 14.4 Å². The first-order valence-electron chi connectivity index (χ1n) is 20.4. The van der Waals surface area contributed by atoms with Crippen LogP contribution in [0.15, 0.2) is 72.8 Å². The van der Waals surface area contributed by atoms with Crippen LogP contribution in [0.25, 0.3) is 22.2 Å². The number of nitrogens with one attached hydrogen (secondary N) is 2. The van der Waals surface area contributed by atoms with E-state index in [4.69, 9.17) is 9.47 Å². The molecule has 3 fully saturated rings. The summed E-state index contributed by atoms with van der Waals surface area (Å²) in [4.78, 5) is 43.8. The van der Waals surface area contributed by atoms with Gasteiger partial charge in [0, 0.05) is 60.5 Å². The summed E-state index contributed by atoms with van der Waals surface area (Å²) in [7, 11) is -3.85. The monoisotopic (exact) mass is 793 g/mol. The van der Waals surface area contributed by atoms with Crippen LogP contribution in [-0.4, -0.2) is 75.9 Å². The van der Waals surface area contributed by atoms with E-state index < -0.39 is 15.9 Å². The number of benzene rings is 3. The molecule has 0 radical (unpaired) electrons. The molecule has 3 aliphatic heterocycles. The number of fused-ring (bicyclic) bond motifs is 1. The predicted octanol–water partition coefficient (Wildman–Crippen LogP) is 6.42. The maximum atomic E-state index is 13.6. The number of morpholine rings is 1. The van der Waals surface area contributed by atoms with Crippen molar-refractivity contribution >= 4 is 50.0 Å². The van der Waals surface area contributed by atoms with E-state index in [2.05, 4.69) is 27.1 Å². The van der Waals surface area contributed by atoms with Gasteiger partial charge in [0.25, 0.3) is 5.91 Å². The first-order valence-corrected chi connectivity index (χ1v) is 22.0. The fourth-order valence-corrected chi connectivity index (χ4v) is 9.71. The van der Waals surface area contributed by atoms with Crippen molar-refractivity contribution in [2.24, 2.45) is 0 Å². The molecule has 3 aromatic carbocycles. The molecule has 4 aliphatic rings. The van der Waals surface area contributed by atoms with Crippen LogP contribution in [0, 0.1) is 0 Å². The molecule has 0 unspecified atom stereocenters. The predicted molar refractivity (Wildman–Crippen MR) is 221 cm³/mol. The van der Waals surface area contributed by atoms with Gasteiger partial charge in [0.15, 0.2) is 0 Å². The highest BCUT2D eigenvalue weighted by atomic mass is 32.2. The molecule has 1 aromatic heterocycles. The zero-order chi connectivity index (χ0) is 39.4. The highest BCUT2D eigenvalue weighted by Crippen LogP contribution is 2.45. The standard InChI is InChI=1S/C44H51N5O7S/c50-40-29-49-39-28-33(44(52)46-57(53,54)26-7-2-1-6-20-45-40)14-18-37(39)42(31-9-4-3-5-10-31)43(49)32-12-16-36(17-13-32)56-30-34-27-35(48-21-8-11-41(48)51)15-19-38(34)47-22-24-55-25-23-47/h1-2,12-19,27-28,31H,3-11,20-26,29-30H2,(H,45,50)(H,46,52). The SMILES string of the molecule is O=C1Cn2c(-c3ccc(OCc4cc(N5CCCC5=O)ccc4N4CCOCC4)cc3)c(C3CCCCC3)c3ccc(cc32)C(=O)NS(=O)(=O)CCC=CCCN1. The molecule has 57 heavy (non-hydrogen) atoms. The summed E-state index contributed by atoms with van der Waals surface area (Å²) in [6.07, 6.45) is 11.3. The van der Waals surface area contributed by atoms with Gasteiger partial charge in [-0.05, 0) is 104 Å². The molecule has 4 heterocycles. The normalized spacial score (nSPS) is 19.9. The molecule has 8 rings (SSSR count). The molecule has 2 N–H and O–H groups in total. The van der Waals surface area contributed by atoms with E-state index in [1.807, 2.05) is 51.9 Å². The Labute approximate surface area is 334 Å². The van der Waals surface area contributed by atoms with Crippen molar-refractivity contribution in [3.63, 3.8) is 0 Å². The molecule has 0 spiro atoms. The molecule has 3 amide bonds. The Morgan fingerprint density at radius 2 is 1.60 bits per heavy atom. The molecular weight excluding hydrogens is 743 g/mol. The molecule has 2 saturated heterocycles. The van der Waals surface area contributed by atoms with Gasteiger partial charge in [-0.25, -0.2) is 13.1 Å². The van der Waals surface area contributed by atoms with E-state index in [1.165, 1.54) is 6.42 Å². The molecule has 4 aromatic rings. The summed E-state index contributed by atoms with van der Waals surface area (Å²) in [5, 5.41) is 4.00. The third-order valence-corrected chi connectivity index (χ3v) is 12.9. The van der Waals surface area contributed by atoms with Crippen molar-refractivity contribution in [3.8, 4) is 17.0 Å². The van der Waals surface area contributed by atoms with Crippen molar-refractivity contribution in [2.75, 3.05) is 54.9 Å². The summed E-state index contributed by atoms with van der Waals surface area (Å²) >= 11 is 0. The van der Waals surface area contributed by atoms with Crippen molar-refractivity contribution < 1.29 is 32.3 Å². The van der Waals surface area contributed by atoms with Crippen molar-refractivity contribution in [1.29, 1.82) is 0 Å². The van der Waals surface area contributed by atoms with E-state index in [-0.39, 0.29) is 42.0 Å². The fraction of sp³-hybridized carbons (Fsp3) is 0.432. The number of hydrogen-bond donors (Lipinski definition) is 2. The number of carbonyl (C=O) groups excluding carboxylic acids is 3. The molecule has 300 valence electrons. The first kappa shape index (κ1) is 38.7. The smallest absolute Gasteiger partial charge is 0.264 e. The van der Waals surface area contributed by atoms with Crippen molar-refractivity contribution in [2.45, 2.75) is 76.9 Å².